The average Bonchev–Trinajstić information content (AvgIpc) is 2.48. The number of nitrogens with one attached hydrogen (secondary N) is 1. The van der Waals surface area contributed by atoms with Crippen LogP contribution in [0.3, 0.4) is 0 Å². The summed E-state index contributed by atoms with van der Waals surface area (Å²) in [6.07, 6.45) is -2.76. The van der Waals surface area contributed by atoms with Crippen molar-refractivity contribution in [2.75, 3.05) is 5.32 Å². The second-order valence-electron chi connectivity index (χ2n) is 4.28. The molecule has 114 valence electrons. The quantitative estimate of drug-likeness (QED) is 0.896. The van der Waals surface area contributed by atoms with Crippen molar-refractivity contribution in [2.24, 2.45) is 0 Å². The standard InChI is InChI=1S/C15H11ClFNO4/c16-9-5-7-10(8-6-9)18-15(21)22-13(14(19)20)11-3-1-2-4-12(11)17/h1-8,13H,(H,18,21)(H,19,20). The molecular weight excluding hydrogens is 313 g/mol. The highest BCUT2D eigenvalue weighted by molar-refractivity contribution is 6.30. The van der Waals surface area contributed by atoms with Crippen LogP contribution in [-0.4, -0.2) is 17.2 Å². The first-order chi connectivity index (χ1) is 10.5. The Morgan fingerprint density at radius 3 is 2.36 bits per heavy atom. The number of hydrogen-bond donors (Lipinski definition) is 2. The lowest BCUT2D eigenvalue weighted by molar-refractivity contribution is -0.147. The topological polar surface area (TPSA) is 75.6 Å². The van der Waals surface area contributed by atoms with Crippen molar-refractivity contribution >= 4 is 29.4 Å². The van der Waals surface area contributed by atoms with Crippen molar-refractivity contribution in [3.05, 3.63) is 64.9 Å². The second kappa shape index (κ2) is 6.91. The lowest BCUT2D eigenvalue weighted by Gasteiger charge is -2.15. The minimum Gasteiger partial charge on any atom is -0.478 e. The average molecular weight is 324 g/mol. The van der Waals surface area contributed by atoms with Crippen LogP contribution in [0.15, 0.2) is 48.5 Å². The fourth-order valence-electron chi connectivity index (χ4n) is 1.72. The number of amides is 1. The molecule has 1 atom stereocenters. The van der Waals surface area contributed by atoms with E-state index in [1.165, 1.54) is 30.3 Å². The fraction of sp³-hybridized carbons (Fsp3) is 0.0667. The molecule has 2 aromatic rings. The van der Waals surface area contributed by atoms with Gasteiger partial charge in [0.15, 0.2) is 0 Å². The molecule has 0 aliphatic heterocycles. The van der Waals surface area contributed by atoms with Crippen molar-refractivity contribution in [1.82, 2.24) is 0 Å². The molecule has 7 heteroatoms. The Morgan fingerprint density at radius 2 is 1.77 bits per heavy atom. The number of ether oxygens (including phenoxy) is 1. The van der Waals surface area contributed by atoms with Crippen LogP contribution in [0.2, 0.25) is 5.02 Å². The zero-order valence-electron chi connectivity index (χ0n) is 11.1. The van der Waals surface area contributed by atoms with Crippen molar-refractivity contribution in [3.8, 4) is 0 Å². The summed E-state index contributed by atoms with van der Waals surface area (Å²) in [5.74, 6) is -2.24. The molecule has 0 bridgehead atoms. The van der Waals surface area contributed by atoms with Crippen molar-refractivity contribution < 1.29 is 23.8 Å². The van der Waals surface area contributed by atoms with E-state index in [1.54, 1.807) is 12.1 Å². The number of anilines is 1. The van der Waals surface area contributed by atoms with E-state index >= 15 is 0 Å². The molecule has 2 rings (SSSR count). The van der Waals surface area contributed by atoms with Crippen LogP contribution in [0.1, 0.15) is 11.7 Å². The smallest absolute Gasteiger partial charge is 0.412 e. The molecule has 0 fully saturated rings. The fourth-order valence-corrected chi connectivity index (χ4v) is 1.85. The highest BCUT2D eigenvalue weighted by Crippen LogP contribution is 2.22. The molecule has 22 heavy (non-hydrogen) atoms. The molecule has 1 amide bonds. The van der Waals surface area contributed by atoms with Gasteiger partial charge in [-0.3, -0.25) is 5.32 Å². The first-order valence-electron chi connectivity index (χ1n) is 6.18. The van der Waals surface area contributed by atoms with Gasteiger partial charge in [0.05, 0.1) is 0 Å². The first kappa shape index (κ1) is 15.8. The normalized spacial score (nSPS) is 11.5. The van der Waals surface area contributed by atoms with Crippen molar-refractivity contribution in [3.63, 3.8) is 0 Å². The maximum atomic E-state index is 13.6. The third-order valence-electron chi connectivity index (χ3n) is 2.73. The highest BCUT2D eigenvalue weighted by Gasteiger charge is 2.27. The van der Waals surface area contributed by atoms with E-state index in [2.05, 4.69) is 5.32 Å². The van der Waals surface area contributed by atoms with E-state index < -0.39 is 24.0 Å². The molecule has 0 heterocycles. The van der Waals surface area contributed by atoms with Gasteiger partial charge in [-0.25, -0.2) is 14.0 Å². The lowest BCUT2D eigenvalue weighted by Crippen LogP contribution is -2.23. The van der Waals surface area contributed by atoms with Gasteiger partial charge in [-0.2, -0.15) is 0 Å². The van der Waals surface area contributed by atoms with Gasteiger partial charge >= 0.3 is 12.1 Å². The SMILES string of the molecule is O=C(Nc1ccc(Cl)cc1)OC(C(=O)O)c1ccccc1F. The molecule has 0 aliphatic rings. The summed E-state index contributed by atoms with van der Waals surface area (Å²) < 4.78 is 18.4. The van der Waals surface area contributed by atoms with E-state index in [1.807, 2.05) is 0 Å². The molecule has 0 spiro atoms. The summed E-state index contributed by atoms with van der Waals surface area (Å²) in [6.45, 7) is 0. The van der Waals surface area contributed by atoms with Crippen molar-refractivity contribution in [2.45, 2.75) is 6.10 Å². The first-order valence-corrected chi connectivity index (χ1v) is 6.55. The molecule has 2 aromatic carbocycles. The third-order valence-corrected chi connectivity index (χ3v) is 2.98. The summed E-state index contributed by atoms with van der Waals surface area (Å²) in [4.78, 5) is 22.9. The molecule has 0 radical (unpaired) electrons. The third kappa shape index (κ3) is 3.95. The number of carboxylic acid groups (broad SMARTS) is 1. The van der Waals surface area contributed by atoms with Crippen LogP contribution in [0, 0.1) is 5.82 Å². The Hall–Kier alpha value is -2.60. The number of hydrogen-bond acceptors (Lipinski definition) is 3. The van der Waals surface area contributed by atoms with Gasteiger partial charge in [0.25, 0.3) is 0 Å². The largest absolute Gasteiger partial charge is 0.478 e. The summed E-state index contributed by atoms with van der Waals surface area (Å²) in [5, 5.41) is 11.9. The molecule has 2 N–H and O–H groups in total. The predicted molar refractivity (Wildman–Crippen MR) is 78.3 cm³/mol. The summed E-state index contributed by atoms with van der Waals surface area (Å²) in [6, 6.07) is 11.3. The van der Waals surface area contributed by atoms with E-state index in [0.717, 1.165) is 6.07 Å². The van der Waals surface area contributed by atoms with Crippen molar-refractivity contribution in [1.29, 1.82) is 0 Å². The summed E-state index contributed by atoms with van der Waals surface area (Å²) >= 11 is 5.71. The number of aliphatic carboxylic acids is 1. The van der Waals surface area contributed by atoms with Gasteiger partial charge in [0, 0.05) is 16.3 Å². The Kier molecular flexibility index (Phi) is 4.95. The van der Waals surface area contributed by atoms with E-state index in [4.69, 9.17) is 21.4 Å². The molecule has 0 saturated heterocycles. The lowest BCUT2D eigenvalue weighted by atomic mass is 10.1. The highest BCUT2D eigenvalue weighted by atomic mass is 35.5. The van der Waals surface area contributed by atoms with Gasteiger partial charge in [0.1, 0.15) is 5.82 Å². The van der Waals surface area contributed by atoms with E-state index in [-0.39, 0.29) is 5.56 Å². The van der Waals surface area contributed by atoms with E-state index in [9.17, 15) is 14.0 Å². The summed E-state index contributed by atoms with van der Waals surface area (Å²) in [7, 11) is 0. The van der Waals surface area contributed by atoms with Gasteiger partial charge in [-0.15, -0.1) is 0 Å². The van der Waals surface area contributed by atoms with Crippen LogP contribution >= 0.6 is 11.6 Å². The maximum absolute atomic E-state index is 13.6. The molecule has 5 nitrogen and oxygen atoms in total. The zero-order chi connectivity index (χ0) is 16.1. The number of benzene rings is 2. The minimum atomic E-state index is -1.74. The zero-order valence-corrected chi connectivity index (χ0v) is 11.9. The van der Waals surface area contributed by atoms with Gasteiger partial charge in [-0.1, -0.05) is 29.8 Å². The number of halogens is 2. The minimum absolute atomic E-state index is 0.235. The molecular formula is C15H11ClFNO4. The molecule has 0 aromatic heterocycles. The number of carbonyl (C=O) groups excluding carboxylic acids is 1. The van der Waals surface area contributed by atoms with Crippen LogP contribution < -0.4 is 5.32 Å². The van der Waals surface area contributed by atoms with Crippen LogP contribution in [0.25, 0.3) is 0 Å². The molecule has 1 unspecified atom stereocenters. The molecule has 0 saturated carbocycles. The Labute approximate surface area is 130 Å². The van der Waals surface area contributed by atoms with Crippen LogP contribution in [0.5, 0.6) is 0 Å². The van der Waals surface area contributed by atoms with E-state index in [0.29, 0.717) is 10.7 Å². The predicted octanol–water partition coefficient (Wildman–Crippen LogP) is 3.85. The van der Waals surface area contributed by atoms with Crippen LogP contribution in [-0.2, 0) is 9.53 Å². The van der Waals surface area contributed by atoms with Crippen LogP contribution in [0.4, 0.5) is 14.9 Å². The monoisotopic (exact) mass is 323 g/mol. The maximum Gasteiger partial charge on any atom is 0.412 e. The summed E-state index contributed by atoms with van der Waals surface area (Å²) in [5.41, 5.74) is 0.133. The number of carbonyl (C=O) groups is 2. The van der Waals surface area contributed by atoms with Gasteiger partial charge in [-0.05, 0) is 30.3 Å². The molecule has 0 aliphatic carbocycles. The Balaban J connectivity index is 2.11. The second-order valence-corrected chi connectivity index (χ2v) is 4.71. The Morgan fingerprint density at radius 1 is 1.14 bits per heavy atom. The number of rotatable bonds is 4. The Bertz CT molecular complexity index is 690. The number of carboxylic acids is 1. The van der Waals surface area contributed by atoms with Gasteiger partial charge < -0.3 is 9.84 Å². The van der Waals surface area contributed by atoms with Gasteiger partial charge in [0.2, 0.25) is 6.10 Å².